The Hall–Kier alpha value is -1.56. The highest BCUT2D eigenvalue weighted by atomic mass is 35.5. The van der Waals surface area contributed by atoms with Crippen LogP contribution in [-0.2, 0) is 11.3 Å². The molecule has 1 saturated heterocycles. The number of hydrogen-bond donors (Lipinski definition) is 1. The molecule has 1 unspecified atom stereocenters. The van der Waals surface area contributed by atoms with Crippen LogP contribution >= 0.6 is 23.7 Å². The number of thiophene rings is 1. The fourth-order valence-corrected chi connectivity index (χ4v) is 3.37. The molecule has 1 aromatic heterocycles. The van der Waals surface area contributed by atoms with E-state index in [2.05, 4.69) is 6.07 Å². The average Bonchev–Trinajstić information content (AvgIpc) is 3.20. The number of nitrogens with zero attached hydrogens (tertiary/aromatic N) is 1. The molecule has 0 radical (unpaired) electrons. The number of halogens is 1. The van der Waals surface area contributed by atoms with E-state index in [0.717, 1.165) is 19.4 Å². The Balaban J connectivity index is 0.00000192. The van der Waals surface area contributed by atoms with E-state index in [1.165, 1.54) is 4.88 Å². The molecule has 0 aliphatic carbocycles. The van der Waals surface area contributed by atoms with Gasteiger partial charge in [0.15, 0.2) is 0 Å². The van der Waals surface area contributed by atoms with Crippen molar-refractivity contribution in [3.63, 3.8) is 0 Å². The Bertz CT molecular complexity index is 610. The topological polar surface area (TPSA) is 55.6 Å². The summed E-state index contributed by atoms with van der Waals surface area (Å²) in [5, 5.41) is 2.03. The van der Waals surface area contributed by atoms with Gasteiger partial charge in [-0.1, -0.05) is 6.07 Å². The predicted molar refractivity (Wildman–Crippen MR) is 96.1 cm³/mol. The number of amides is 1. The molecule has 23 heavy (non-hydrogen) atoms. The highest BCUT2D eigenvalue weighted by Gasteiger charge is 2.23. The molecule has 2 aromatic rings. The van der Waals surface area contributed by atoms with Crippen molar-refractivity contribution in [3.8, 4) is 0 Å². The second kappa shape index (κ2) is 8.34. The van der Waals surface area contributed by atoms with Crippen LogP contribution in [-0.4, -0.2) is 30.1 Å². The lowest BCUT2D eigenvalue weighted by molar-refractivity contribution is 0.0509. The minimum absolute atomic E-state index is 0. The van der Waals surface area contributed by atoms with E-state index in [1.54, 1.807) is 35.6 Å². The van der Waals surface area contributed by atoms with Crippen LogP contribution in [0.1, 0.15) is 28.1 Å². The summed E-state index contributed by atoms with van der Waals surface area (Å²) in [6.45, 7) is 2.06. The van der Waals surface area contributed by atoms with Crippen molar-refractivity contribution in [2.24, 2.45) is 0 Å². The van der Waals surface area contributed by atoms with Crippen LogP contribution in [0.3, 0.4) is 0 Å². The van der Waals surface area contributed by atoms with Crippen molar-refractivity contribution in [1.82, 2.24) is 4.90 Å². The van der Waals surface area contributed by atoms with Crippen molar-refractivity contribution in [1.29, 1.82) is 0 Å². The van der Waals surface area contributed by atoms with Crippen LogP contribution < -0.4 is 5.73 Å². The zero-order chi connectivity index (χ0) is 15.4. The van der Waals surface area contributed by atoms with Crippen LogP contribution in [0.25, 0.3) is 0 Å². The fourth-order valence-electron chi connectivity index (χ4n) is 2.65. The molecular weight excluding hydrogens is 332 g/mol. The van der Waals surface area contributed by atoms with Gasteiger partial charge in [-0.2, -0.15) is 0 Å². The molecule has 0 spiro atoms. The van der Waals surface area contributed by atoms with Crippen molar-refractivity contribution < 1.29 is 9.53 Å². The first kappa shape index (κ1) is 17.8. The van der Waals surface area contributed by atoms with E-state index in [9.17, 15) is 4.79 Å². The number of benzene rings is 1. The molecule has 1 atom stereocenters. The average molecular weight is 353 g/mol. The summed E-state index contributed by atoms with van der Waals surface area (Å²) in [7, 11) is 0. The smallest absolute Gasteiger partial charge is 0.254 e. The maximum absolute atomic E-state index is 12.8. The number of ether oxygens (including phenoxy) is 1. The number of carbonyl (C=O) groups is 1. The number of hydrogen-bond acceptors (Lipinski definition) is 4. The van der Waals surface area contributed by atoms with Crippen LogP contribution in [0.4, 0.5) is 5.69 Å². The van der Waals surface area contributed by atoms with E-state index < -0.39 is 0 Å². The predicted octanol–water partition coefficient (Wildman–Crippen LogP) is 3.57. The van der Waals surface area contributed by atoms with Crippen LogP contribution in [0, 0.1) is 0 Å². The third kappa shape index (κ3) is 4.70. The molecule has 3 rings (SSSR count). The summed E-state index contributed by atoms with van der Waals surface area (Å²) < 4.78 is 5.70. The lowest BCUT2D eigenvalue weighted by atomic mass is 10.1. The highest BCUT2D eigenvalue weighted by molar-refractivity contribution is 7.09. The number of nitrogen functional groups attached to an aromatic ring is 1. The van der Waals surface area contributed by atoms with E-state index in [0.29, 0.717) is 24.3 Å². The molecule has 124 valence electrons. The van der Waals surface area contributed by atoms with E-state index in [4.69, 9.17) is 10.5 Å². The third-order valence-electron chi connectivity index (χ3n) is 3.82. The number of anilines is 1. The van der Waals surface area contributed by atoms with Gasteiger partial charge < -0.3 is 15.4 Å². The first-order valence-corrected chi connectivity index (χ1v) is 8.39. The van der Waals surface area contributed by atoms with Crippen LogP contribution in [0.5, 0.6) is 0 Å². The van der Waals surface area contributed by atoms with Gasteiger partial charge in [-0.15, -0.1) is 23.7 Å². The van der Waals surface area contributed by atoms with Crippen molar-refractivity contribution in [3.05, 3.63) is 52.2 Å². The molecule has 2 N–H and O–H groups in total. The van der Waals surface area contributed by atoms with Gasteiger partial charge in [0.25, 0.3) is 5.91 Å². The molecular formula is C17H21ClN2O2S. The van der Waals surface area contributed by atoms with E-state index >= 15 is 0 Å². The van der Waals surface area contributed by atoms with Gasteiger partial charge in [-0.25, -0.2) is 0 Å². The SMILES string of the molecule is Cl.Nc1ccc(C(=O)N(Cc2cccs2)CC2CCCO2)cc1. The van der Waals surface area contributed by atoms with Gasteiger partial charge in [0.1, 0.15) is 0 Å². The second-order valence-electron chi connectivity index (χ2n) is 5.52. The van der Waals surface area contributed by atoms with Crippen LogP contribution in [0.2, 0.25) is 0 Å². The van der Waals surface area contributed by atoms with Crippen LogP contribution in [0.15, 0.2) is 41.8 Å². The van der Waals surface area contributed by atoms with Gasteiger partial charge in [0.05, 0.1) is 12.6 Å². The van der Waals surface area contributed by atoms with Crippen molar-refractivity contribution >= 4 is 35.3 Å². The highest BCUT2D eigenvalue weighted by Crippen LogP contribution is 2.19. The molecule has 6 heteroatoms. The molecule has 1 fully saturated rings. The van der Waals surface area contributed by atoms with Gasteiger partial charge >= 0.3 is 0 Å². The lowest BCUT2D eigenvalue weighted by Gasteiger charge is -2.25. The zero-order valence-electron chi connectivity index (χ0n) is 12.8. The Morgan fingerprint density at radius 3 is 2.70 bits per heavy atom. The molecule has 1 aliphatic heterocycles. The fraction of sp³-hybridized carbons (Fsp3) is 0.353. The maximum atomic E-state index is 12.8. The monoisotopic (exact) mass is 352 g/mol. The second-order valence-corrected chi connectivity index (χ2v) is 6.55. The first-order valence-electron chi connectivity index (χ1n) is 7.51. The molecule has 0 bridgehead atoms. The number of rotatable bonds is 5. The maximum Gasteiger partial charge on any atom is 0.254 e. The van der Waals surface area contributed by atoms with E-state index in [1.807, 2.05) is 16.3 Å². The summed E-state index contributed by atoms with van der Waals surface area (Å²) in [4.78, 5) is 15.9. The summed E-state index contributed by atoms with van der Waals surface area (Å²) in [6.07, 6.45) is 2.25. The van der Waals surface area contributed by atoms with Crippen molar-refractivity contribution in [2.45, 2.75) is 25.5 Å². The Morgan fingerprint density at radius 1 is 1.30 bits per heavy atom. The lowest BCUT2D eigenvalue weighted by Crippen LogP contribution is -2.36. The Kier molecular flexibility index (Phi) is 6.45. The van der Waals surface area contributed by atoms with Gasteiger partial charge in [0, 0.05) is 29.3 Å². The molecule has 0 saturated carbocycles. The third-order valence-corrected chi connectivity index (χ3v) is 4.68. The summed E-state index contributed by atoms with van der Waals surface area (Å²) in [5.74, 6) is 0.0314. The Labute approximate surface area is 146 Å². The summed E-state index contributed by atoms with van der Waals surface area (Å²) >= 11 is 1.67. The first-order chi connectivity index (χ1) is 10.7. The normalized spacial score (nSPS) is 16.8. The molecule has 2 heterocycles. The summed E-state index contributed by atoms with van der Waals surface area (Å²) in [6, 6.07) is 11.2. The van der Waals surface area contributed by atoms with E-state index in [-0.39, 0.29) is 24.4 Å². The largest absolute Gasteiger partial charge is 0.399 e. The minimum atomic E-state index is 0. The molecule has 1 amide bonds. The van der Waals surface area contributed by atoms with Gasteiger partial charge in [0.2, 0.25) is 0 Å². The van der Waals surface area contributed by atoms with Crippen molar-refractivity contribution in [2.75, 3.05) is 18.9 Å². The van der Waals surface area contributed by atoms with Gasteiger partial charge in [-0.3, -0.25) is 4.79 Å². The molecule has 1 aliphatic rings. The molecule has 1 aromatic carbocycles. The Morgan fingerprint density at radius 2 is 2.09 bits per heavy atom. The number of carbonyl (C=O) groups excluding carboxylic acids is 1. The quantitative estimate of drug-likeness (QED) is 0.837. The molecule has 4 nitrogen and oxygen atoms in total. The standard InChI is InChI=1S/C17H20N2O2S.ClH/c18-14-7-5-13(6-8-14)17(20)19(11-15-3-1-9-21-15)12-16-4-2-10-22-16;/h2,4-8,10,15H,1,3,9,11-12,18H2;1H. The summed E-state index contributed by atoms with van der Waals surface area (Å²) in [5.41, 5.74) is 7.04. The number of nitrogens with two attached hydrogens (primary N) is 1. The van der Waals surface area contributed by atoms with Gasteiger partial charge in [-0.05, 0) is 48.6 Å². The zero-order valence-corrected chi connectivity index (χ0v) is 14.4. The minimum Gasteiger partial charge on any atom is -0.399 e.